The number of aromatic amines is 1. The maximum absolute atomic E-state index is 10.7. The minimum atomic E-state index is -1.11. The number of hydrogen-bond acceptors (Lipinski definition) is 4. The molecule has 2 aromatic rings. The highest BCUT2D eigenvalue weighted by Crippen LogP contribution is 2.27. The van der Waals surface area contributed by atoms with Crippen molar-refractivity contribution in [2.24, 2.45) is 0 Å². The van der Waals surface area contributed by atoms with Crippen molar-refractivity contribution in [3.63, 3.8) is 0 Å². The van der Waals surface area contributed by atoms with Gasteiger partial charge in [0.25, 0.3) is 0 Å². The molecule has 6 nitrogen and oxygen atoms in total. The van der Waals surface area contributed by atoms with E-state index in [0.29, 0.717) is 15.6 Å². The molecule has 4 N–H and O–H groups in total. The van der Waals surface area contributed by atoms with Gasteiger partial charge in [0.1, 0.15) is 10.2 Å². The van der Waals surface area contributed by atoms with Gasteiger partial charge in [-0.05, 0) is 15.9 Å². The van der Waals surface area contributed by atoms with Crippen LogP contribution in [0.3, 0.4) is 0 Å². The summed E-state index contributed by atoms with van der Waals surface area (Å²) in [4.78, 5) is 14.6. The van der Waals surface area contributed by atoms with Crippen LogP contribution in [-0.2, 0) is 0 Å². The van der Waals surface area contributed by atoms with E-state index in [4.69, 9.17) is 10.8 Å². The topological polar surface area (TPSA) is 105 Å². The van der Waals surface area contributed by atoms with Gasteiger partial charge in [0, 0.05) is 6.20 Å². The van der Waals surface area contributed by atoms with Gasteiger partial charge in [0.2, 0.25) is 0 Å². The second-order valence-electron chi connectivity index (χ2n) is 2.63. The van der Waals surface area contributed by atoms with Gasteiger partial charge in [-0.1, -0.05) is 0 Å². The molecule has 2 aromatic heterocycles. The Morgan fingerprint density at radius 1 is 1.64 bits per heavy atom. The normalized spacial score (nSPS) is 10.6. The average Bonchev–Trinajstić information content (AvgIpc) is 2.48. The fourth-order valence-corrected chi connectivity index (χ4v) is 1.62. The van der Waals surface area contributed by atoms with Gasteiger partial charge in [0.15, 0.2) is 5.65 Å². The van der Waals surface area contributed by atoms with Crippen LogP contribution in [0.1, 0.15) is 10.4 Å². The molecule has 0 radical (unpaired) electrons. The standard InChI is InChI=1S/C7H5BrN4O2/c8-5-3-4(9)2(7(13)14)1-10-6(3)12-11-5/h1H,(H,13,14)(H3,9,10,11,12). The third-order valence-electron chi connectivity index (χ3n) is 1.81. The van der Waals surface area contributed by atoms with Crippen LogP contribution in [0, 0.1) is 0 Å². The highest BCUT2D eigenvalue weighted by molar-refractivity contribution is 9.10. The minimum absolute atomic E-state index is 0.0281. The number of H-pyrrole nitrogens is 1. The molecule has 0 aliphatic rings. The van der Waals surface area contributed by atoms with E-state index in [0.717, 1.165) is 0 Å². The quantitative estimate of drug-likeness (QED) is 0.706. The smallest absolute Gasteiger partial charge is 0.339 e. The molecular weight excluding hydrogens is 252 g/mol. The predicted molar refractivity (Wildman–Crippen MR) is 53.0 cm³/mol. The van der Waals surface area contributed by atoms with Crippen LogP contribution in [0.4, 0.5) is 5.69 Å². The summed E-state index contributed by atoms with van der Waals surface area (Å²) >= 11 is 3.17. The third kappa shape index (κ3) is 1.13. The highest BCUT2D eigenvalue weighted by Gasteiger charge is 2.15. The van der Waals surface area contributed by atoms with Gasteiger partial charge >= 0.3 is 5.97 Å². The van der Waals surface area contributed by atoms with Crippen LogP contribution in [0.2, 0.25) is 0 Å². The molecule has 0 atom stereocenters. The number of carboxylic acid groups (broad SMARTS) is 1. The predicted octanol–water partition coefficient (Wildman–Crippen LogP) is 1.00. The Morgan fingerprint density at radius 2 is 2.36 bits per heavy atom. The Hall–Kier alpha value is -1.63. The Balaban J connectivity index is 2.86. The lowest BCUT2D eigenvalue weighted by Crippen LogP contribution is -2.03. The number of aromatic carboxylic acids is 1. The van der Waals surface area contributed by atoms with E-state index in [9.17, 15) is 4.79 Å². The first-order valence-corrected chi connectivity index (χ1v) is 4.42. The maximum Gasteiger partial charge on any atom is 0.339 e. The second-order valence-corrected chi connectivity index (χ2v) is 3.42. The minimum Gasteiger partial charge on any atom is -0.478 e. The molecule has 0 saturated carbocycles. The Morgan fingerprint density at radius 3 is 3.00 bits per heavy atom. The lowest BCUT2D eigenvalue weighted by Gasteiger charge is -2.00. The zero-order chi connectivity index (χ0) is 10.3. The number of carboxylic acids is 1. The summed E-state index contributed by atoms with van der Waals surface area (Å²) in [6.45, 7) is 0. The molecule has 0 aliphatic carbocycles. The van der Waals surface area contributed by atoms with E-state index < -0.39 is 5.97 Å². The Labute approximate surface area is 86.3 Å². The summed E-state index contributed by atoms with van der Waals surface area (Å²) in [5.41, 5.74) is 6.17. The van der Waals surface area contributed by atoms with Crippen molar-refractivity contribution in [1.82, 2.24) is 15.2 Å². The molecule has 0 fully saturated rings. The molecule has 7 heteroatoms. The molecule has 72 valence electrons. The lowest BCUT2D eigenvalue weighted by molar-refractivity contribution is 0.0698. The van der Waals surface area contributed by atoms with Crippen molar-refractivity contribution in [2.45, 2.75) is 0 Å². The molecule has 0 amide bonds. The van der Waals surface area contributed by atoms with Crippen molar-refractivity contribution in [3.05, 3.63) is 16.4 Å². The number of nitrogens with one attached hydrogen (secondary N) is 1. The summed E-state index contributed by atoms with van der Waals surface area (Å²) in [7, 11) is 0. The van der Waals surface area contributed by atoms with E-state index in [1.165, 1.54) is 6.20 Å². The number of hydrogen-bond donors (Lipinski definition) is 3. The number of aromatic nitrogens is 3. The molecule has 2 heterocycles. The van der Waals surface area contributed by atoms with Crippen LogP contribution in [-0.4, -0.2) is 26.3 Å². The second kappa shape index (κ2) is 2.95. The van der Waals surface area contributed by atoms with Crippen LogP contribution < -0.4 is 5.73 Å². The summed E-state index contributed by atoms with van der Waals surface area (Å²) in [5.74, 6) is -1.11. The monoisotopic (exact) mass is 256 g/mol. The molecule has 14 heavy (non-hydrogen) atoms. The van der Waals surface area contributed by atoms with Crippen molar-refractivity contribution in [3.8, 4) is 0 Å². The molecule has 0 aromatic carbocycles. The summed E-state index contributed by atoms with van der Waals surface area (Å²) in [6, 6.07) is 0. The number of nitrogens with zero attached hydrogens (tertiary/aromatic N) is 2. The average molecular weight is 257 g/mol. The number of halogens is 1. The van der Waals surface area contributed by atoms with Crippen LogP contribution >= 0.6 is 15.9 Å². The molecular formula is C7H5BrN4O2. The number of rotatable bonds is 1. The highest BCUT2D eigenvalue weighted by atomic mass is 79.9. The number of anilines is 1. The van der Waals surface area contributed by atoms with Gasteiger partial charge < -0.3 is 10.8 Å². The third-order valence-corrected chi connectivity index (χ3v) is 2.38. The van der Waals surface area contributed by atoms with Crippen LogP contribution in [0.25, 0.3) is 11.0 Å². The SMILES string of the molecule is Nc1c(C(=O)O)cnc2n[nH]c(Br)c12. The van der Waals surface area contributed by atoms with E-state index in [1.54, 1.807) is 0 Å². The van der Waals surface area contributed by atoms with Gasteiger partial charge in [-0.2, -0.15) is 5.10 Å². The first kappa shape index (κ1) is 8.95. The van der Waals surface area contributed by atoms with Gasteiger partial charge in [-0.25, -0.2) is 9.78 Å². The fraction of sp³-hybridized carbons (Fsp3) is 0. The number of nitrogen functional groups attached to an aromatic ring is 1. The Bertz CT molecular complexity index is 522. The molecule has 0 spiro atoms. The number of fused-ring (bicyclic) bond motifs is 1. The van der Waals surface area contributed by atoms with Gasteiger partial charge in [-0.15, -0.1) is 0 Å². The zero-order valence-electron chi connectivity index (χ0n) is 6.78. The summed E-state index contributed by atoms with van der Waals surface area (Å²) < 4.78 is 0.528. The first-order valence-electron chi connectivity index (χ1n) is 3.62. The molecule has 0 aliphatic heterocycles. The van der Waals surface area contributed by atoms with Crippen molar-refractivity contribution in [1.29, 1.82) is 0 Å². The van der Waals surface area contributed by atoms with Crippen molar-refractivity contribution in [2.75, 3.05) is 5.73 Å². The maximum atomic E-state index is 10.7. The molecule has 0 bridgehead atoms. The summed E-state index contributed by atoms with van der Waals surface area (Å²) in [5, 5.41) is 15.7. The first-order chi connectivity index (χ1) is 6.61. The van der Waals surface area contributed by atoms with E-state index in [2.05, 4.69) is 31.1 Å². The molecule has 2 rings (SSSR count). The fourth-order valence-electron chi connectivity index (χ4n) is 1.14. The van der Waals surface area contributed by atoms with Crippen molar-refractivity contribution >= 4 is 38.6 Å². The van der Waals surface area contributed by atoms with Crippen LogP contribution in [0.15, 0.2) is 10.8 Å². The Kier molecular flexibility index (Phi) is 1.88. The van der Waals surface area contributed by atoms with Gasteiger partial charge in [-0.3, -0.25) is 5.10 Å². The van der Waals surface area contributed by atoms with E-state index in [-0.39, 0.29) is 11.3 Å². The number of carbonyl (C=O) groups is 1. The van der Waals surface area contributed by atoms with E-state index in [1.807, 2.05) is 0 Å². The van der Waals surface area contributed by atoms with Crippen molar-refractivity contribution < 1.29 is 9.90 Å². The van der Waals surface area contributed by atoms with E-state index >= 15 is 0 Å². The largest absolute Gasteiger partial charge is 0.478 e. The molecule has 0 saturated heterocycles. The number of pyridine rings is 1. The molecule has 0 unspecified atom stereocenters. The van der Waals surface area contributed by atoms with Crippen LogP contribution in [0.5, 0.6) is 0 Å². The lowest BCUT2D eigenvalue weighted by atomic mass is 10.2. The number of nitrogens with two attached hydrogens (primary N) is 1. The summed E-state index contributed by atoms with van der Waals surface area (Å²) in [6.07, 6.45) is 1.19. The van der Waals surface area contributed by atoms with Gasteiger partial charge in [0.05, 0.1) is 11.1 Å². The zero-order valence-corrected chi connectivity index (χ0v) is 8.37.